The van der Waals surface area contributed by atoms with E-state index in [1.807, 2.05) is 0 Å². The zero-order chi connectivity index (χ0) is 16.2. The lowest BCUT2D eigenvalue weighted by atomic mass is 10.1. The number of benzene rings is 1. The van der Waals surface area contributed by atoms with Crippen molar-refractivity contribution in [1.29, 1.82) is 0 Å². The van der Waals surface area contributed by atoms with Gasteiger partial charge in [0.05, 0.1) is 12.4 Å². The molecule has 9 heteroatoms. The second kappa shape index (κ2) is 6.84. The van der Waals surface area contributed by atoms with Crippen LogP contribution in [0.2, 0.25) is 0 Å². The van der Waals surface area contributed by atoms with E-state index in [4.69, 9.17) is 4.74 Å². The van der Waals surface area contributed by atoms with Crippen LogP contribution in [0.15, 0.2) is 24.3 Å². The topological polar surface area (TPSA) is 64.6 Å². The fraction of sp³-hybridized carbons (Fsp3) is 0.538. The molecule has 1 fully saturated rings. The summed E-state index contributed by atoms with van der Waals surface area (Å²) in [5, 5.41) is 0. The van der Waals surface area contributed by atoms with Gasteiger partial charge in [0.25, 0.3) is 0 Å². The monoisotopic (exact) mass is 339 g/mol. The molecule has 5 nitrogen and oxygen atoms in total. The van der Waals surface area contributed by atoms with Crippen LogP contribution >= 0.6 is 0 Å². The number of sulfonamides is 1. The van der Waals surface area contributed by atoms with E-state index in [9.17, 15) is 21.6 Å². The molecule has 1 atom stereocenters. The third-order valence-corrected chi connectivity index (χ3v) is 4.45. The van der Waals surface area contributed by atoms with Crippen molar-refractivity contribution in [3.05, 3.63) is 29.8 Å². The van der Waals surface area contributed by atoms with Gasteiger partial charge in [-0.1, -0.05) is 12.1 Å². The summed E-state index contributed by atoms with van der Waals surface area (Å²) in [6.07, 6.45) is -3.95. The number of ether oxygens (including phenoxy) is 2. The smallest absolute Gasteiger partial charge is 0.406 e. The molecule has 1 saturated heterocycles. The number of hydrogen-bond acceptors (Lipinski definition) is 4. The molecular formula is C13H16F3NO4S. The van der Waals surface area contributed by atoms with Gasteiger partial charge in [-0.2, -0.15) is 0 Å². The molecule has 0 saturated carbocycles. The summed E-state index contributed by atoms with van der Waals surface area (Å²) in [6.45, 7) is 1.47. The second-order valence-electron chi connectivity index (χ2n) is 5.03. The number of hydrogen-bond donors (Lipinski definition) is 1. The number of alkyl halides is 3. The summed E-state index contributed by atoms with van der Waals surface area (Å²) in [6, 6.07) is 4.75. The minimum Gasteiger partial charge on any atom is -0.406 e. The zero-order valence-electron chi connectivity index (χ0n) is 11.6. The van der Waals surface area contributed by atoms with Crippen LogP contribution in [0, 0.1) is 5.92 Å². The van der Waals surface area contributed by atoms with Gasteiger partial charge in [-0.15, -0.1) is 13.2 Å². The van der Waals surface area contributed by atoms with E-state index in [0.29, 0.717) is 25.3 Å². The largest absolute Gasteiger partial charge is 0.573 e. The molecule has 1 heterocycles. The van der Waals surface area contributed by atoms with Crippen molar-refractivity contribution in [3.63, 3.8) is 0 Å². The third-order valence-electron chi connectivity index (χ3n) is 3.13. The van der Waals surface area contributed by atoms with Crippen LogP contribution in [0.4, 0.5) is 13.2 Å². The highest BCUT2D eigenvalue weighted by atomic mass is 32.2. The van der Waals surface area contributed by atoms with Crippen LogP contribution in [0.25, 0.3) is 0 Å². The van der Waals surface area contributed by atoms with Crippen LogP contribution < -0.4 is 9.46 Å². The third kappa shape index (κ3) is 5.82. The normalized spacial score (nSPS) is 19.3. The van der Waals surface area contributed by atoms with Gasteiger partial charge < -0.3 is 9.47 Å². The number of rotatable bonds is 6. The van der Waals surface area contributed by atoms with Gasteiger partial charge in [0.15, 0.2) is 0 Å². The second-order valence-corrected chi connectivity index (χ2v) is 6.84. The summed E-state index contributed by atoms with van der Waals surface area (Å²) in [4.78, 5) is 0. The predicted molar refractivity (Wildman–Crippen MR) is 72.7 cm³/mol. The first-order chi connectivity index (χ1) is 10.2. The Labute approximate surface area is 126 Å². The fourth-order valence-electron chi connectivity index (χ4n) is 2.05. The Bertz CT molecular complexity index is 580. The average molecular weight is 339 g/mol. The Morgan fingerprint density at radius 1 is 1.27 bits per heavy atom. The van der Waals surface area contributed by atoms with E-state index in [0.717, 1.165) is 18.6 Å². The summed E-state index contributed by atoms with van der Waals surface area (Å²) in [7, 11) is -3.54. The lowest BCUT2D eigenvalue weighted by Gasteiger charge is -2.11. The Hall–Kier alpha value is -1.32. The number of halogens is 3. The van der Waals surface area contributed by atoms with Crippen molar-refractivity contribution in [2.75, 3.05) is 19.8 Å². The molecule has 1 N–H and O–H groups in total. The van der Waals surface area contributed by atoms with Crippen molar-refractivity contribution in [2.24, 2.45) is 5.92 Å². The molecule has 1 aliphatic rings. The molecule has 0 amide bonds. The Kier molecular flexibility index (Phi) is 5.30. The average Bonchev–Trinajstić information content (AvgIpc) is 2.90. The lowest BCUT2D eigenvalue weighted by molar-refractivity contribution is -0.274. The summed E-state index contributed by atoms with van der Waals surface area (Å²) in [5.41, 5.74) is 0.379. The molecule has 124 valence electrons. The van der Waals surface area contributed by atoms with Gasteiger partial charge in [0, 0.05) is 13.2 Å². The quantitative estimate of drug-likeness (QED) is 0.861. The molecule has 1 aliphatic heterocycles. The maximum absolute atomic E-state index is 12.0. The Balaban J connectivity index is 1.88. The summed E-state index contributed by atoms with van der Waals surface area (Å²) < 4.78 is 71.2. The van der Waals surface area contributed by atoms with E-state index >= 15 is 0 Å². The zero-order valence-corrected chi connectivity index (χ0v) is 12.4. The maximum Gasteiger partial charge on any atom is 0.573 e. The van der Waals surface area contributed by atoms with Gasteiger partial charge in [-0.05, 0) is 30.0 Å². The highest BCUT2D eigenvalue weighted by Crippen LogP contribution is 2.23. The minimum atomic E-state index is -4.77. The first kappa shape index (κ1) is 17.0. The van der Waals surface area contributed by atoms with E-state index in [2.05, 4.69) is 9.46 Å². The first-order valence-corrected chi connectivity index (χ1v) is 8.28. The number of nitrogens with one attached hydrogen (secondary N) is 1. The Morgan fingerprint density at radius 3 is 2.50 bits per heavy atom. The minimum absolute atomic E-state index is 0.164. The van der Waals surface area contributed by atoms with Crippen LogP contribution in [-0.2, 0) is 20.5 Å². The SMILES string of the molecule is O=S(=O)(Cc1ccc(OC(F)(F)F)cc1)NC[C@@H]1CCOC1. The molecule has 0 aliphatic carbocycles. The highest BCUT2D eigenvalue weighted by Gasteiger charge is 2.31. The molecule has 22 heavy (non-hydrogen) atoms. The molecule has 0 spiro atoms. The van der Waals surface area contributed by atoms with Crippen LogP contribution in [0.3, 0.4) is 0 Å². The molecule has 0 bridgehead atoms. The van der Waals surface area contributed by atoms with Crippen molar-refractivity contribution in [3.8, 4) is 5.75 Å². The maximum atomic E-state index is 12.0. The van der Waals surface area contributed by atoms with Crippen molar-refractivity contribution in [1.82, 2.24) is 4.72 Å². The molecular weight excluding hydrogens is 323 g/mol. The Morgan fingerprint density at radius 2 is 1.95 bits per heavy atom. The van der Waals surface area contributed by atoms with Gasteiger partial charge in [0.1, 0.15) is 5.75 Å². The van der Waals surface area contributed by atoms with Crippen LogP contribution in [0.5, 0.6) is 5.75 Å². The van der Waals surface area contributed by atoms with Gasteiger partial charge in [-0.3, -0.25) is 0 Å². The molecule has 1 aromatic rings. The lowest BCUT2D eigenvalue weighted by Crippen LogP contribution is -2.30. The standard InChI is InChI=1S/C13H16F3NO4S/c14-13(15,16)21-12-3-1-10(2-4-12)9-22(18,19)17-7-11-5-6-20-8-11/h1-4,11,17H,5-9H2/t11-/m0/s1. The summed E-state index contributed by atoms with van der Waals surface area (Å²) >= 11 is 0. The van der Waals surface area contributed by atoms with Gasteiger partial charge >= 0.3 is 6.36 Å². The van der Waals surface area contributed by atoms with Crippen molar-refractivity contribution >= 4 is 10.0 Å². The van der Waals surface area contributed by atoms with Gasteiger partial charge in [-0.25, -0.2) is 13.1 Å². The molecule has 1 aromatic carbocycles. The van der Waals surface area contributed by atoms with Crippen LogP contribution in [-0.4, -0.2) is 34.5 Å². The highest BCUT2D eigenvalue weighted by molar-refractivity contribution is 7.88. The van der Waals surface area contributed by atoms with E-state index in [1.54, 1.807) is 0 Å². The van der Waals surface area contributed by atoms with Gasteiger partial charge in [0.2, 0.25) is 10.0 Å². The first-order valence-electron chi connectivity index (χ1n) is 6.63. The van der Waals surface area contributed by atoms with E-state index in [1.165, 1.54) is 12.1 Å². The fourth-order valence-corrected chi connectivity index (χ4v) is 3.27. The van der Waals surface area contributed by atoms with E-state index in [-0.39, 0.29) is 17.4 Å². The molecule has 2 rings (SSSR count). The van der Waals surface area contributed by atoms with Crippen molar-refractivity contribution < 1.29 is 31.1 Å². The molecule has 0 unspecified atom stereocenters. The molecule has 0 aromatic heterocycles. The van der Waals surface area contributed by atoms with Crippen molar-refractivity contribution in [2.45, 2.75) is 18.5 Å². The predicted octanol–water partition coefficient (Wildman–Crippen LogP) is 2.04. The van der Waals surface area contributed by atoms with Crippen LogP contribution in [0.1, 0.15) is 12.0 Å². The van der Waals surface area contributed by atoms with E-state index < -0.39 is 16.4 Å². The summed E-state index contributed by atoms with van der Waals surface area (Å²) in [5.74, 6) is -0.519. The molecule has 0 radical (unpaired) electrons.